The summed E-state index contributed by atoms with van der Waals surface area (Å²) in [5.41, 5.74) is 2.68. The zero-order valence-corrected chi connectivity index (χ0v) is 11.7. The molecule has 3 rings (SSSR count). The van der Waals surface area contributed by atoms with Crippen molar-refractivity contribution in [2.75, 3.05) is 7.11 Å². The Hall–Kier alpha value is -2.89. The fourth-order valence-corrected chi connectivity index (χ4v) is 2.18. The van der Waals surface area contributed by atoms with Crippen molar-refractivity contribution in [3.05, 3.63) is 48.4 Å². The highest BCUT2D eigenvalue weighted by Crippen LogP contribution is 2.26. The van der Waals surface area contributed by atoms with Crippen molar-refractivity contribution in [2.45, 2.75) is 0 Å². The molecule has 0 saturated heterocycles. The van der Waals surface area contributed by atoms with Crippen LogP contribution in [-0.4, -0.2) is 33.0 Å². The average Bonchev–Trinajstić information content (AvgIpc) is 3.12. The normalized spacial score (nSPS) is 10.6. The SMILES string of the molecule is COc1ccccc1-n1cc(C=O)c(-c2cnn(C)c2)n1. The molecule has 1 aromatic carbocycles. The summed E-state index contributed by atoms with van der Waals surface area (Å²) in [6.45, 7) is 0. The van der Waals surface area contributed by atoms with E-state index in [9.17, 15) is 4.79 Å². The number of aryl methyl sites for hydroxylation is 1. The van der Waals surface area contributed by atoms with Crippen LogP contribution in [0.25, 0.3) is 16.9 Å². The lowest BCUT2D eigenvalue weighted by atomic mass is 10.2. The zero-order valence-electron chi connectivity index (χ0n) is 11.7. The van der Waals surface area contributed by atoms with E-state index in [0.717, 1.165) is 17.5 Å². The molecule has 0 aliphatic heterocycles. The van der Waals surface area contributed by atoms with E-state index >= 15 is 0 Å². The predicted octanol–water partition coefficient (Wildman–Crippen LogP) is 2.09. The zero-order chi connectivity index (χ0) is 14.8. The Morgan fingerprint density at radius 1 is 1.24 bits per heavy atom. The van der Waals surface area contributed by atoms with Gasteiger partial charge in [0.05, 0.1) is 18.9 Å². The highest BCUT2D eigenvalue weighted by atomic mass is 16.5. The molecule has 21 heavy (non-hydrogen) atoms. The van der Waals surface area contributed by atoms with Gasteiger partial charge in [0.2, 0.25) is 0 Å². The lowest BCUT2D eigenvalue weighted by Crippen LogP contribution is -1.98. The van der Waals surface area contributed by atoms with Gasteiger partial charge in [-0.2, -0.15) is 10.2 Å². The summed E-state index contributed by atoms with van der Waals surface area (Å²) in [5.74, 6) is 0.690. The van der Waals surface area contributed by atoms with Gasteiger partial charge in [0.1, 0.15) is 17.1 Å². The molecule has 0 radical (unpaired) electrons. The predicted molar refractivity (Wildman–Crippen MR) is 77.7 cm³/mol. The van der Waals surface area contributed by atoms with Crippen LogP contribution in [0.1, 0.15) is 10.4 Å². The number of benzene rings is 1. The number of rotatable bonds is 4. The Bertz CT molecular complexity index is 789. The molecule has 0 fully saturated rings. The van der Waals surface area contributed by atoms with E-state index in [2.05, 4.69) is 10.2 Å². The first kappa shape index (κ1) is 13.1. The molecule has 0 aliphatic carbocycles. The van der Waals surface area contributed by atoms with Crippen LogP contribution in [-0.2, 0) is 7.05 Å². The number of hydrogen-bond acceptors (Lipinski definition) is 4. The van der Waals surface area contributed by atoms with Gasteiger partial charge in [-0.05, 0) is 12.1 Å². The number of aromatic nitrogens is 4. The number of methoxy groups -OCH3 is 1. The molecule has 0 amide bonds. The van der Waals surface area contributed by atoms with Crippen LogP contribution in [0.2, 0.25) is 0 Å². The van der Waals surface area contributed by atoms with Crippen LogP contribution in [0, 0.1) is 0 Å². The fourth-order valence-electron chi connectivity index (χ4n) is 2.18. The van der Waals surface area contributed by atoms with Crippen molar-refractivity contribution in [1.29, 1.82) is 0 Å². The number of aldehydes is 1. The molecule has 0 atom stereocenters. The maximum Gasteiger partial charge on any atom is 0.153 e. The van der Waals surface area contributed by atoms with Gasteiger partial charge in [-0.3, -0.25) is 9.48 Å². The molecule has 6 heteroatoms. The van der Waals surface area contributed by atoms with E-state index in [4.69, 9.17) is 4.74 Å². The molecule has 6 nitrogen and oxygen atoms in total. The van der Waals surface area contributed by atoms with Crippen molar-refractivity contribution < 1.29 is 9.53 Å². The first-order valence-corrected chi connectivity index (χ1v) is 6.40. The molecule has 3 aromatic rings. The van der Waals surface area contributed by atoms with E-state index < -0.39 is 0 Å². The summed E-state index contributed by atoms with van der Waals surface area (Å²) in [5, 5.41) is 8.61. The third-order valence-corrected chi connectivity index (χ3v) is 3.18. The second kappa shape index (κ2) is 5.24. The highest BCUT2D eigenvalue weighted by molar-refractivity contribution is 5.85. The number of ether oxygens (including phenoxy) is 1. The smallest absolute Gasteiger partial charge is 0.153 e. The molecule has 2 heterocycles. The maximum atomic E-state index is 11.3. The average molecular weight is 282 g/mol. The van der Waals surface area contributed by atoms with Crippen LogP contribution in [0.4, 0.5) is 0 Å². The number of hydrogen-bond donors (Lipinski definition) is 0. The molecule has 106 valence electrons. The van der Waals surface area contributed by atoms with Gasteiger partial charge >= 0.3 is 0 Å². The number of nitrogens with zero attached hydrogens (tertiary/aromatic N) is 4. The van der Waals surface area contributed by atoms with Gasteiger partial charge in [-0.15, -0.1) is 0 Å². The van der Waals surface area contributed by atoms with E-state index in [1.165, 1.54) is 0 Å². The molecule has 0 bridgehead atoms. The van der Waals surface area contributed by atoms with Crippen LogP contribution in [0.3, 0.4) is 0 Å². The van der Waals surface area contributed by atoms with Gasteiger partial charge < -0.3 is 4.74 Å². The Labute approximate surface area is 121 Å². The Morgan fingerprint density at radius 3 is 2.71 bits per heavy atom. The summed E-state index contributed by atoms with van der Waals surface area (Å²) in [7, 11) is 3.42. The van der Waals surface area contributed by atoms with E-state index in [-0.39, 0.29) is 0 Å². The van der Waals surface area contributed by atoms with Gasteiger partial charge in [0, 0.05) is 25.0 Å². The minimum absolute atomic E-state index is 0.508. The van der Waals surface area contributed by atoms with E-state index in [0.29, 0.717) is 17.0 Å². The number of carbonyl (C=O) groups is 1. The minimum Gasteiger partial charge on any atom is -0.494 e. The maximum absolute atomic E-state index is 11.3. The third-order valence-electron chi connectivity index (χ3n) is 3.18. The largest absolute Gasteiger partial charge is 0.494 e. The molecular formula is C15H14N4O2. The lowest BCUT2D eigenvalue weighted by Gasteiger charge is -2.07. The highest BCUT2D eigenvalue weighted by Gasteiger charge is 2.14. The minimum atomic E-state index is 0.508. The van der Waals surface area contributed by atoms with Crippen molar-refractivity contribution in [1.82, 2.24) is 19.6 Å². The number of carbonyl (C=O) groups excluding carboxylic acids is 1. The Kier molecular flexibility index (Phi) is 3.27. The Balaban J connectivity index is 2.13. The van der Waals surface area contributed by atoms with Crippen molar-refractivity contribution in [3.8, 4) is 22.7 Å². The Morgan fingerprint density at radius 2 is 2.05 bits per heavy atom. The topological polar surface area (TPSA) is 61.9 Å². The quantitative estimate of drug-likeness (QED) is 0.687. The summed E-state index contributed by atoms with van der Waals surface area (Å²) >= 11 is 0. The first-order chi connectivity index (χ1) is 10.2. The molecule has 0 aliphatic rings. The molecule has 0 spiro atoms. The first-order valence-electron chi connectivity index (χ1n) is 6.40. The van der Waals surface area contributed by atoms with Crippen molar-refractivity contribution >= 4 is 6.29 Å². The van der Waals surface area contributed by atoms with Gasteiger partial charge in [0.25, 0.3) is 0 Å². The molecule has 0 saturated carbocycles. The van der Waals surface area contributed by atoms with E-state index in [1.807, 2.05) is 37.5 Å². The molecule has 0 N–H and O–H groups in total. The number of para-hydroxylation sites is 2. The van der Waals surface area contributed by atoms with E-state index in [1.54, 1.807) is 28.9 Å². The molecule has 0 unspecified atom stereocenters. The second-order valence-corrected chi connectivity index (χ2v) is 4.57. The summed E-state index contributed by atoms with van der Waals surface area (Å²) in [6.07, 6.45) is 5.98. The van der Waals surface area contributed by atoms with Crippen LogP contribution < -0.4 is 4.74 Å². The summed E-state index contributed by atoms with van der Waals surface area (Å²) in [4.78, 5) is 11.3. The van der Waals surface area contributed by atoms with Gasteiger partial charge in [-0.25, -0.2) is 4.68 Å². The summed E-state index contributed by atoms with van der Waals surface area (Å²) in [6, 6.07) is 7.51. The molecular weight excluding hydrogens is 268 g/mol. The van der Waals surface area contributed by atoms with Gasteiger partial charge in [0.15, 0.2) is 6.29 Å². The van der Waals surface area contributed by atoms with Crippen molar-refractivity contribution in [3.63, 3.8) is 0 Å². The van der Waals surface area contributed by atoms with Gasteiger partial charge in [-0.1, -0.05) is 12.1 Å². The second-order valence-electron chi connectivity index (χ2n) is 4.57. The summed E-state index contributed by atoms with van der Waals surface area (Å²) < 4.78 is 8.64. The molecule has 2 aromatic heterocycles. The van der Waals surface area contributed by atoms with Crippen LogP contribution in [0.5, 0.6) is 5.75 Å². The van der Waals surface area contributed by atoms with Crippen LogP contribution in [0.15, 0.2) is 42.9 Å². The lowest BCUT2D eigenvalue weighted by molar-refractivity contribution is 0.112. The standard InChI is InChI=1S/C15H14N4O2/c1-18-8-11(7-16-18)15-12(10-20)9-19(17-15)13-5-3-4-6-14(13)21-2/h3-10H,1-2H3. The fraction of sp³-hybridized carbons (Fsp3) is 0.133. The van der Waals surface area contributed by atoms with Crippen LogP contribution >= 0.6 is 0 Å². The monoisotopic (exact) mass is 282 g/mol. The third kappa shape index (κ3) is 2.31. The van der Waals surface area contributed by atoms with Crippen molar-refractivity contribution in [2.24, 2.45) is 7.05 Å².